The zero-order valence-corrected chi connectivity index (χ0v) is 16.6. The number of nitrogens with one attached hydrogen (secondary N) is 2. The van der Waals surface area contributed by atoms with E-state index in [9.17, 15) is 19.7 Å². The number of rotatable bonds is 6. The molecule has 2 atom stereocenters. The Bertz CT molecular complexity index is 999. The number of ether oxygens (including phenoxy) is 3. The number of methoxy groups -OCH3 is 3. The van der Waals surface area contributed by atoms with E-state index >= 15 is 0 Å². The second-order valence-corrected chi connectivity index (χ2v) is 6.82. The minimum atomic E-state index is -1.70. The van der Waals surface area contributed by atoms with Crippen LogP contribution >= 0.6 is 0 Å². The maximum absolute atomic E-state index is 12.7. The molecule has 11 nitrogen and oxygen atoms in total. The average molecular weight is 406 g/mol. The molecular formula is C18H22N4O7. The zero-order valence-electron chi connectivity index (χ0n) is 16.6. The van der Waals surface area contributed by atoms with Gasteiger partial charge in [0.05, 0.1) is 32.8 Å². The van der Waals surface area contributed by atoms with Crippen molar-refractivity contribution in [3.63, 3.8) is 0 Å². The van der Waals surface area contributed by atoms with E-state index in [4.69, 9.17) is 14.2 Å². The number of benzene rings is 1. The smallest absolute Gasteiger partial charge is 0.301 e. The van der Waals surface area contributed by atoms with Crippen LogP contribution in [0.2, 0.25) is 0 Å². The first-order valence-corrected chi connectivity index (χ1v) is 8.83. The van der Waals surface area contributed by atoms with Crippen molar-refractivity contribution in [1.29, 1.82) is 0 Å². The molecular weight excluding hydrogens is 384 g/mol. The highest BCUT2D eigenvalue weighted by molar-refractivity contribution is 5.98. The van der Waals surface area contributed by atoms with Gasteiger partial charge < -0.3 is 19.5 Å². The Morgan fingerprint density at radius 3 is 2.14 bits per heavy atom. The van der Waals surface area contributed by atoms with Gasteiger partial charge in [0.1, 0.15) is 5.82 Å². The SMILES string of the molecule is COc1cc([C@H]2c3c(n(C(C)C)[nH]c3=O)NC(=O)[C@H]2[N+](=O)[O-])cc(OC)c1OC. The van der Waals surface area contributed by atoms with Crippen molar-refractivity contribution in [2.45, 2.75) is 31.8 Å². The molecule has 1 aliphatic heterocycles. The van der Waals surface area contributed by atoms with Crippen molar-refractivity contribution < 1.29 is 23.9 Å². The van der Waals surface area contributed by atoms with Crippen LogP contribution in [0.3, 0.4) is 0 Å². The second-order valence-electron chi connectivity index (χ2n) is 6.82. The van der Waals surface area contributed by atoms with Crippen molar-refractivity contribution in [2.75, 3.05) is 26.6 Å². The molecule has 29 heavy (non-hydrogen) atoms. The predicted octanol–water partition coefficient (Wildman–Crippen LogP) is 1.51. The van der Waals surface area contributed by atoms with Crippen LogP contribution in [0.15, 0.2) is 16.9 Å². The molecule has 0 fully saturated rings. The molecule has 1 aromatic carbocycles. The molecule has 11 heteroatoms. The molecule has 0 radical (unpaired) electrons. The first-order chi connectivity index (χ1) is 13.7. The standard InChI is InChI=1S/C18H22N4O7/c1-8(2)21-16-13(17(23)20-21)12(14(22(25)26)18(24)19-16)9-6-10(27-3)15(29-5)11(7-9)28-4/h6-8,12,14H,1-5H3,(H,19,24)(H,20,23)/t12-,14-/m0/s1. The van der Waals surface area contributed by atoms with Gasteiger partial charge in [-0.1, -0.05) is 0 Å². The number of hydrogen-bond acceptors (Lipinski definition) is 7. The number of amides is 1. The maximum atomic E-state index is 12.7. The first-order valence-electron chi connectivity index (χ1n) is 8.83. The highest BCUT2D eigenvalue weighted by Crippen LogP contribution is 2.44. The summed E-state index contributed by atoms with van der Waals surface area (Å²) in [5.74, 6) is -0.925. The van der Waals surface area contributed by atoms with E-state index in [2.05, 4.69) is 10.4 Å². The summed E-state index contributed by atoms with van der Waals surface area (Å²) in [5, 5.41) is 16.9. The van der Waals surface area contributed by atoms with Gasteiger partial charge >= 0.3 is 11.9 Å². The normalized spacial score (nSPS) is 18.2. The molecule has 1 aromatic heterocycles. The van der Waals surface area contributed by atoms with Crippen LogP contribution in [-0.4, -0.2) is 48.0 Å². The molecule has 2 heterocycles. The van der Waals surface area contributed by atoms with Crippen LogP contribution in [0.25, 0.3) is 0 Å². The summed E-state index contributed by atoms with van der Waals surface area (Å²) in [6.45, 7) is 3.63. The molecule has 1 amide bonds. The summed E-state index contributed by atoms with van der Waals surface area (Å²) in [5.41, 5.74) is -0.0853. The van der Waals surface area contributed by atoms with Gasteiger partial charge in [-0.05, 0) is 31.5 Å². The molecule has 0 saturated heterocycles. The maximum Gasteiger partial charge on any atom is 0.301 e. The number of carbonyl (C=O) groups excluding carboxylic acids is 1. The summed E-state index contributed by atoms with van der Waals surface area (Å²) in [6, 6.07) is 1.14. The van der Waals surface area contributed by atoms with Gasteiger partial charge in [0, 0.05) is 11.0 Å². The second kappa shape index (κ2) is 7.49. The van der Waals surface area contributed by atoms with Crippen molar-refractivity contribution in [1.82, 2.24) is 9.78 Å². The molecule has 2 aromatic rings. The lowest BCUT2D eigenvalue weighted by Gasteiger charge is -2.27. The number of fused-ring (bicyclic) bond motifs is 1. The zero-order chi connectivity index (χ0) is 21.5. The molecule has 0 unspecified atom stereocenters. The van der Waals surface area contributed by atoms with Gasteiger partial charge in [-0.3, -0.25) is 29.5 Å². The summed E-state index contributed by atoms with van der Waals surface area (Å²) in [6.07, 6.45) is 0. The number of anilines is 1. The molecule has 0 spiro atoms. The van der Waals surface area contributed by atoms with Crippen LogP contribution in [0, 0.1) is 10.1 Å². The monoisotopic (exact) mass is 406 g/mol. The Morgan fingerprint density at radius 2 is 1.69 bits per heavy atom. The number of nitrogens with zero attached hydrogens (tertiary/aromatic N) is 2. The number of H-pyrrole nitrogens is 1. The third kappa shape index (κ3) is 3.18. The van der Waals surface area contributed by atoms with Crippen LogP contribution in [0.5, 0.6) is 17.2 Å². The van der Waals surface area contributed by atoms with E-state index < -0.39 is 28.3 Å². The third-order valence-corrected chi connectivity index (χ3v) is 4.89. The number of nitro groups is 1. The van der Waals surface area contributed by atoms with Crippen LogP contribution in [-0.2, 0) is 4.79 Å². The molecule has 1 aliphatic rings. The average Bonchev–Trinajstić information content (AvgIpc) is 3.01. The Hall–Kier alpha value is -3.50. The summed E-state index contributed by atoms with van der Waals surface area (Å²) >= 11 is 0. The third-order valence-electron chi connectivity index (χ3n) is 4.89. The van der Waals surface area contributed by atoms with Crippen molar-refractivity contribution >= 4 is 11.7 Å². The number of aromatic nitrogens is 2. The fourth-order valence-corrected chi connectivity index (χ4v) is 3.61. The topological polar surface area (TPSA) is 138 Å². The van der Waals surface area contributed by atoms with Gasteiger partial charge in [-0.2, -0.15) is 0 Å². The minimum Gasteiger partial charge on any atom is -0.493 e. The van der Waals surface area contributed by atoms with Gasteiger partial charge in [-0.25, -0.2) is 0 Å². The Balaban J connectivity index is 2.33. The first kappa shape index (κ1) is 20.2. The fraction of sp³-hybridized carbons (Fsp3) is 0.444. The van der Waals surface area contributed by atoms with E-state index in [1.165, 1.54) is 38.1 Å². The highest BCUT2D eigenvalue weighted by atomic mass is 16.6. The van der Waals surface area contributed by atoms with Gasteiger partial charge in [0.2, 0.25) is 5.75 Å². The molecule has 3 rings (SSSR count). The predicted molar refractivity (Wildman–Crippen MR) is 103 cm³/mol. The quantitative estimate of drug-likeness (QED) is 0.548. The van der Waals surface area contributed by atoms with Crippen molar-refractivity contribution in [3.05, 3.63) is 43.7 Å². The minimum absolute atomic E-state index is 0.106. The molecule has 156 valence electrons. The highest BCUT2D eigenvalue weighted by Gasteiger charge is 2.49. The summed E-state index contributed by atoms with van der Waals surface area (Å²) in [7, 11) is 4.25. The van der Waals surface area contributed by atoms with E-state index in [0.717, 1.165) is 0 Å². The van der Waals surface area contributed by atoms with Crippen LogP contribution < -0.4 is 25.1 Å². The lowest BCUT2D eigenvalue weighted by Crippen LogP contribution is -2.45. The lowest BCUT2D eigenvalue weighted by atomic mass is 9.83. The van der Waals surface area contributed by atoms with Gasteiger partial charge in [0.25, 0.3) is 5.56 Å². The lowest BCUT2D eigenvalue weighted by molar-refractivity contribution is -0.509. The summed E-state index contributed by atoms with van der Waals surface area (Å²) in [4.78, 5) is 36.5. The molecule has 2 N–H and O–H groups in total. The van der Waals surface area contributed by atoms with Gasteiger partial charge in [0.15, 0.2) is 11.5 Å². The number of hydrogen-bond donors (Lipinski definition) is 2. The van der Waals surface area contributed by atoms with Crippen molar-refractivity contribution in [3.8, 4) is 17.2 Å². The largest absolute Gasteiger partial charge is 0.493 e. The Labute approximate surface area is 165 Å². The van der Waals surface area contributed by atoms with E-state index in [0.29, 0.717) is 11.3 Å². The van der Waals surface area contributed by atoms with E-state index in [1.54, 1.807) is 0 Å². The van der Waals surface area contributed by atoms with Crippen molar-refractivity contribution in [2.24, 2.45) is 0 Å². The molecule has 0 aliphatic carbocycles. The summed E-state index contributed by atoms with van der Waals surface area (Å²) < 4.78 is 17.4. The van der Waals surface area contributed by atoms with Gasteiger partial charge in [-0.15, -0.1) is 0 Å². The van der Waals surface area contributed by atoms with Crippen LogP contribution in [0.1, 0.15) is 36.9 Å². The van der Waals surface area contributed by atoms with Crippen LogP contribution in [0.4, 0.5) is 5.82 Å². The number of aromatic amines is 1. The molecule has 0 bridgehead atoms. The Morgan fingerprint density at radius 1 is 1.10 bits per heavy atom. The van der Waals surface area contributed by atoms with E-state index in [1.807, 2.05) is 13.8 Å². The fourth-order valence-electron chi connectivity index (χ4n) is 3.61. The van der Waals surface area contributed by atoms with E-state index in [-0.39, 0.29) is 28.9 Å². The molecule has 0 saturated carbocycles. The Kier molecular flexibility index (Phi) is 5.23. The number of carbonyl (C=O) groups is 1.